The van der Waals surface area contributed by atoms with Gasteiger partial charge in [0.15, 0.2) is 11.6 Å². The lowest BCUT2D eigenvalue weighted by Crippen LogP contribution is -2.15. The van der Waals surface area contributed by atoms with E-state index in [0.717, 1.165) is 16.9 Å². The molecule has 0 atom stereocenters. The molecular formula is C19H20N6O. The van der Waals surface area contributed by atoms with Gasteiger partial charge < -0.3 is 15.2 Å². The van der Waals surface area contributed by atoms with Gasteiger partial charge in [0.05, 0.1) is 17.6 Å². The number of amidine groups is 1. The Labute approximate surface area is 151 Å². The van der Waals surface area contributed by atoms with Crippen molar-refractivity contribution in [2.75, 3.05) is 19.0 Å². The van der Waals surface area contributed by atoms with Crippen LogP contribution in [0.4, 0.5) is 5.69 Å². The summed E-state index contributed by atoms with van der Waals surface area (Å²) >= 11 is 0. The number of anilines is 1. The van der Waals surface area contributed by atoms with Crippen LogP contribution in [0, 0.1) is 6.92 Å². The van der Waals surface area contributed by atoms with Gasteiger partial charge in [0, 0.05) is 49.9 Å². The van der Waals surface area contributed by atoms with Crippen molar-refractivity contribution in [2.45, 2.75) is 6.92 Å². The van der Waals surface area contributed by atoms with E-state index in [2.05, 4.69) is 20.1 Å². The fourth-order valence-corrected chi connectivity index (χ4v) is 2.31. The maximum Gasteiger partial charge on any atom is 0.162 e. The highest BCUT2D eigenvalue weighted by Crippen LogP contribution is 2.23. The van der Waals surface area contributed by atoms with Crippen molar-refractivity contribution in [2.24, 2.45) is 10.7 Å². The maximum absolute atomic E-state index is 6.12. The van der Waals surface area contributed by atoms with Crippen molar-refractivity contribution in [1.29, 1.82) is 0 Å². The molecule has 0 saturated carbocycles. The number of benzene rings is 1. The predicted octanol–water partition coefficient (Wildman–Crippen LogP) is 2.74. The van der Waals surface area contributed by atoms with Crippen LogP contribution in [0.2, 0.25) is 0 Å². The summed E-state index contributed by atoms with van der Waals surface area (Å²) < 4.78 is 5.29. The number of hydrogen-bond acceptors (Lipinski definition) is 6. The third-order valence-corrected chi connectivity index (χ3v) is 3.67. The Morgan fingerprint density at radius 1 is 1.19 bits per heavy atom. The van der Waals surface area contributed by atoms with Crippen LogP contribution < -0.4 is 10.6 Å². The smallest absolute Gasteiger partial charge is 0.162 e. The van der Waals surface area contributed by atoms with Crippen molar-refractivity contribution >= 4 is 23.3 Å². The normalized spacial score (nSPS) is 12.3. The Morgan fingerprint density at radius 3 is 2.54 bits per heavy atom. The van der Waals surface area contributed by atoms with Crippen LogP contribution in [0.3, 0.4) is 0 Å². The minimum atomic E-state index is 0.275. The molecule has 0 aliphatic heterocycles. The summed E-state index contributed by atoms with van der Waals surface area (Å²) in [6, 6.07) is 9.84. The third-order valence-electron chi connectivity index (χ3n) is 3.67. The largest absolute Gasteiger partial charge is 0.382 e. The first-order valence-electron chi connectivity index (χ1n) is 8.06. The van der Waals surface area contributed by atoms with Crippen LogP contribution in [0.1, 0.15) is 22.7 Å². The van der Waals surface area contributed by atoms with E-state index in [1.807, 2.05) is 56.3 Å². The lowest BCUT2D eigenvalue weighted by Gasteiger charge is -2.13. The average Bonchev–Trinajstić information content (AvgIpc) is 3.06. The number of rotatable bonds is 5. The van der Waals surface area contributed by atoms with Crippen molar-refractivity contribution in [1.82, 2.24) is 15.1 Å². The number of nitrogens with zero attached hydrogens (tertiary/aromatic N) is 5. The minimum Gasteiger partial charge on any atom is -0.382 e. The number of aryl methyl sites for hydroxylation is 1. The summed E-state index contributed by atoms with van der Waals surface area (Å²) in [6.07, 6.45) is 6.54. The lowest BCUT2D eigenvalue weighted by atomic mass is 10.1. The Bertz CT molecular complexity index is 926. The number of nitrogens with two attached hydrogens (primary N) is 1. The molecule has 132 valence electrons. The van der Waals surface area contributed by atoms with Gasteiger partial charge in [-0.05, 0) is 19.1 Å². The molecule has 0 bridgehead atoms. The van der Waals surface area contributed by atoms with E-state index in [1.165, 1.54) is 0 Å². The predicted molar refractivity (Wildman–Crippen MR) is 103 cm³/mol. The van der Waals surface area contributed by atoms with E-state index in [0.29, 0.717) is 17.2 Å². The summed E-state index contributed by atoms with van der Waals surface area (Å²) in [7, 11) is 3.99. The highest BCUT2D eigenvalue weighted by atomic mass is 16.5. The van der Waals surface area contributed by atoms with E-state index in [-0.39, 0.29) is 5.84 Å². The van der Waals surface area contributed by atoms with Gasteiger partial charge in [-0.25, -0.2) is 9.98 Å². The van der Waals surface area contributed by atoms with E-state index in [4.69, 9.17) is 10.3 Å². The van der Waals surface area contributed by atoms with Gasteiger partial charge in [0.2, 0.25) is 0 Å². The van der Waals surface area contributed by atoms with Crippen LogP contribution >= 0.6 is 0 Å². The standard InChI is InChI=1S/C19H20N6O/c1-13-10-16(26-24-13)11-17(14-4-6-15(7-5-14)25(2)3)23-19(20)18-12-21-8-9-22-18/h4-12H,1-3H3,(H2,20,23)/b17-11-. The van der Waals surface area contributed by atoms with E-state index >= 15 is 0 Å². The van der Waals surface area contributed by atoms with Gasteiger partial charge in [-0.2, -0.15) is 0 Å². The number of aromatic nitrogens is 3. The zero-order valence-corrected chi connectivity index (χ0v) is 14.9. The van der Waals surface area contributed by atoms with Crippen LogP contribution in [-0.4, -0.2) is 35.1 Å². The minimum absolute atomic E-state index is 0.275. The maximum atomic E-state index is 6.12. The second kappa shape index (κ2) is 7.60. The van der Waals surface area contributed by atoms with Crippen molar-refractivity contribution < 1.29 is 4.52 Å². The lowest BCUT2D eigenvalue weighted by molar-refractivity contribution is 0.408. The first kappa shape index (κ1) is 17.3. The molecular weight excluding hydrogens is 328 g/mol. The number of hydrogen-bond donors (Lipinski definition) is 1. The van der Waals surface area contributed by atoms with E-state index < -0.39 is 0 Å². The second-order valence-corrected chi connectivity index (χ2v) is 5.93. The molecule has 0 unspecified atom stereocenters. The van der Waals surface area contributed by atoms with Crippen molar-refractivity contribution in [3.05, 3.63) is 71.6 Å². The zero-order chi connectivity index (χ0) is 18.5. The van der Waals surface area contributed by atoms with Gasteiger partial charge in [-0.3, -0.25) is 4.98 Å². The number of aliphatic imine (C=N–C) groups is 1. The summed E-state index contributed by atoms with van der Waals surface area (Å²) in [5.41, 5.74) is 10.1. The third kappa shape index (κ3) is 4.13. The van der Waals surface area contributed by atoms with Crippen LogP contribution in [0.25, 0.3) is 11.8 Å². The Kier molecular flexibility index (Phi) is 5.07. The van der Waals surface area contributed by atoms with Crippen molar-refractivity contribution in [3.63, 3.8) is 0 Å². The molecule has 0 amide bonds. The highest BCUT2D eigenvalue weighted by Gasteiger charge is 2.08. The average molecular weight is 348 g/mol. The summed E-state index contributed by atoms with van der Waals surface area (Å²) in [5, 5.41) is 3.91. The topological polar surface area (TPSA) is 93.4 Å². The quantitative estimate of drug-likeness (QED) is 0.563. The first-order valence-corrected chi connectivity index (χ1v) is 8.06. The fourth-order valence-electron chi connectivity index (χ4n) is 2.31. The van der Waals surface area contributed by atoms with E-state index in [1.54, 1.807) is 24.7 Å². The Morgan fingerprint density at radius 2 is 1.96 bits per heavy atom. The molecule has 2 N–H and O–H groups in total. The highest BCUT2D eigenvalue weighted by molar-refractivity contribution is 6.00. The molecule has 0 radical (unpaired) electrons. The molecule has 3 aromatic rings. The van der Waals surface area contributed by atoms with Gasteiger partial charge in [-0.15, -0.1) is 0 Å². The molecule has 7 nitrogen and oxygen atoms in total. The Hall–Kier alpha value is -3.48. The van der Waals surface area contributed by atoms with Gasteiger partial charge in [0.25, 0.3) is 0 Å². The molecule has 0 aliphatic carbocycles. The molecule has 3 rings (SSSR count). The Balaban J connectivity index is 2.03. The second-order valence-electron chi connectivity index (χ2n) is 5.93. The van der Waals surface area contributed by atoms with Crippen LogP contribution in [-0.2, 0) is 0 Å². The first-order chi connectivity index (χ1) is 12.5. The molecule has 0 aliphatic rings. The fraction of sp³-hybridized carbons (Fsp3) is 0.158. The monoisotopic (exact) mass is 348 g/mol. The summed E-state index contributed by atoms with van der Waals surface area (Å²) in [6.45, 7) is 1.86. The van der Waals surface area contributed by atoms with Crippen LogP contribution in [0.15, 0.2) is 58.4 Å². The van der Waals surface area contributed by atoms with Gasteiger partial charge in [-0.1, -0.05) is 17.3 Å². The molecule has 0 fully saturated rings. The summed E-state index contributed by atoms with van der Waals surface area (Å²) in [5.74, 6) is 0.877. The molecule has 1 aromatic carbocycles. The SMILES string of the molecule is Cc1cc(/C=C(\N=C(N)c2cnccn2)c2ccc(N(C)C)cc2)on1. The molecule has 0 spiro atoms. The molecule has 26 heavy (non-hydrogen) atoms. The molecule has 2 aromatic heterocycles. The van der Waals surface area contributed by atoms with Crippen molar-refractivity contribution in [3.8, 4) is 0 Å². The molecule has 2 heterocycles. The van der Waals surface area contributed by atoms with Crippen LogP contribution in [0.5, 0.6) is 0 Å². The molecule has 0 saturated heterocycles. The van der Waals surface area contributed by atoms with Gasteiger partial charge in [0.1, 0.15) is 5.69 Å². The zero-order valence-electron chi connectivity index (χ0n) is 14.9. The molecule has 7 heteroatoms. The van der Waals surface area contributed by atoms with Gasteiger partial charge >= 0.3 is 0 Å². The summed E-state index contributed by atoms with van der Waals surface area (Å²) in [4.78, 5) is 14.8. The van der Waals surface area contributed by atoms with E-state index in [9.17, 15) is 0 Å².